The normalized spacial score (nSPS) is 10.6. The predicted octanol–water partition coefficient (Wildman–Crippen LogP) is 4.14. The number of amides is 1. The molecule has 0 bridgehead atoms. The lowest BCUT2D eigenvalue weighted by molar-refractivity contribution is -0.123. The fraction of sp³-hybridized carbons (Fsp3) is 0.176. The molecule has 0 aliphatic carbocycles. The second kappa shape index (κ2) is 9.44. The summed E-state index contributed by atoms with van der Waals surface area (Å²) in [6.45, 7) is 2.34. The highest BCUT2D eigenvalue weighted by atomic mass is 79.9. The molecule has 0 radical (unpaired) electrons. The van der Waals surface area contributed by atoms with Gasteiger partial charge < -0.3 is 9.47 Å². The zero-order valence-corrected chi connectivity index (χ0v) is 16.1. The summed E-state index contributed by atoms with van der Waals surface area (Å²) in [5, 5.41) is 3.94. The molecular weight excluding hydrogens is 440 g/mol. The van der Waals surface area contributed by atoms with Gasteiger partial charge in [0, 0.05) is 14.5 Å². The summed E-state index contributed by atoms with van der Waals surface area (Å²) >= 11 is 6.74. The molecule has 126 valence electrons. The maximum Gasteiger partial charge on any atom is 0.277 e. The summed E-state index contributed by atoms with van der Waals surface area (Å²) < 4.78 is 12.7. The minimum Gasteiger partial charge on any atom is -0.493 e. The fourth-order valence-electron chi connectivity index (χ4n) is 1.82. The van der Waals surface area contributed by atoms with E-state index in [1.165, 1.54) is 6.21 Å². The van der Waals surface area contributed by atoms with Gasteiger partial charge in [-0.1, -0.05) is 37.9 Å². The molecule has 7 heteroatoms. The molecule has 2 aromatic carbocycles. The number of hydrazone groups is 1. The van der Waals surface area contributed by atoms with Crippen LogP contribution in [-0.4, -0.2) is 25.3 Å². The van der Waals surface area contributed by atoms with Crippen LogP contribution < -0.4 is 14.9 Å². The van der Waals surface area contributed by atoms with Gasteiger partial charge in [0.2, 0.25) is 0 Å². The summed E-state index contributed by atoms with van der Waals surface area (Å²) in [4.78, 5) is 11.8. The average Bonchev–Trinajstić information content (AvgIpc) is 2.55. The first-order chi connectivity index (χ1) is 11.6. The van der Waals surface area contributed by atoms with E-state index in [1.807, 2.05) is 37.3 Å². The molecular formula is C17H16Br2N2O3. The third-order valence-corrected chi connectivity index (χ3v) is 3.82. The van der Waals surface area contributed by atoms with Crippen molar-refractivity contribution >= 4 is 44.0 Å². The van der Waals surface area contributed by atoms with Crippen molar-refractivity contribution in [2.45, 2.75) is 6.92 Å². The van der Waals surface area contributed by atoms with Gasteiger partial charge in [-0.2, -0.15) is 5.10 Å². The molecule has 0 unspecified atom stereocenters. The Hall–Kier alpha value is -1.86. The van der Waals surface area contributed by atoms with E-state index >= 15 is 0 Å². The van der Waals surface area contributed by atoms with Gasteiger partial charge in [-0.3, -0.25) is 4.79 Å². The van der Waals surface area contributed by atoms with Gasteiger partial charge in [0.1, 0.15) is 11.5 Å². The van der Waals surface area contributed by atoms with Gasteiger partial charge in [0.25, 0.3) is 5.91 Å². The largest absolute Gasteiger partial charge is 0.493 e. The van der Waals surface area contributed by atoms with Gasteiger partial charge in [0.15, 0.2) is 6.61 Å². The number of carbonyl (C=O) groups excluding carboxylic acids is 1. The summed E-state index contributed by atoms with van der Waals surface area (Å²) in [6, 6.07) is 12.9. The molecule has 0 atom stereocenters. The van der Waals surface area contributed by atoms with Crippen molar-refractivity contribution in [2.75, 3.05) is 13.2 Å². The molecule has 5 nitrogen and oxygen atoms in total. The van der Waals surface area contributed by atoms with E-state index in [0.717, 1.165) is 14.5 Å². The predicted molar refractivity (Wildman–Crippen MR) is 101 cm³/mol. The lowest BCUT2D eigenvalue weighted by atomic mass is 10.2. The third kappa shape index (κ3) is 5.98. The van der Waals surface area contributed by atoms with Gasteiger partial charge in [-0.25, -0.2) is 5.43 Å². The van der Waals surface area contributed by atoms with E-state index in [2.05, 4.69) is 42.4 Å². The van der Waals surface area contributed by atoms with E-state index < -0.39 is 0 Å². The highest BCUT2D eigenvalue weighted by molar-refractivity contribution is 9.10. The molecule has 1 amide bonds. The quantitative estimate of drug-likeness (QED) is 0.504. The second-order valence-corrected chi connectivity index (χ2v) is 6.49. The maximum absolute atomic E-state index is 11.8. The van der Waals surface area contributed by atoms with Crippen LogP contribution in [0.15, 0.2) is 56.5 Å². The zero-order chi connectivity index (χ0) is 17.4. The van der Waals surface area contributed by atoms with Crippen molar-refractivity contribution in [3.05, 3.63) is 57.0 Å². The van der Waals surface area contributed by atoms with Gasteiger partial charge in [0.05, 0.1) is 12.8 Å². The summed E-state index contributed by atoms with van der Waals surface area (Å²) in [7, 11) is 0. The Morgan fingerprint density at radius 1 is 1.17 bits per heavy atom. The van der Waals surface area contributed by atoms with Crippen molar-refractivity contribution in [1.82, 2.24) is 5.43 Å². The first-order valence-corrected chi connectivity index (χ1v) is 8.79. The highest BCUT2D eigenvalue weighted by Crippen LogP contribution is 2.21. The molecule has 0 spiro atoms. The van der Waals surface area contributed by atoms with E-state index in [-0.39, 0.29) is 12.5 Å². The molecule has 24 heavy (non-hydrogen) atoms. The van der Waals surface area contributed by atoms with Crippen LogP contribution in [0.25, 0.3) is 0 Å². The van der Waals surface area contributed by atoms with Crippen LogP contribution >= 0.6 is 31.9 Å². The van der Waals surface area contributed by atoms with Crippen LogP contribution in [0.4, 0.5) is 0 Å². The Morgan fingerprint density at radius 3 is 2.71 bits per heavy atom. The highest BCUT2D eigenvalue weighted by Gasteiger charge is 2.04. The molecule has 0 aromatic heterocycles. The number of carbonyl (C=O) groups is 1. The molecule has 1 N–H and O–H groups in total. The van der Waals surface area contributed by atoms with Crippen molar-refractivity contribution in [2.24, 2.45) is 5.10 Å². The number of rotatable bonds is 7. The van der Waals surface area contributed by atoms with Crippen LogP contribution in [0.2, 0.25) is 0 Å². The molecule has 0 heterocycles. The summed E-state index contributed by atoms with van der Waals surface area (Å²) in [5.41, 5.74) is 3.19. The molecule has 0 saturated carbocycles. The smallest absolute Gasteiger partial charge is 0.277 e. The lowest BCUT2D eigenvalue weighted by Crippen LogP contribution is -2.24. The number of hydrogen-bond acceptors (Lipinski definition) is 4. The van der Waals surface area contributed by atoms with Crippen LogP contribution in [0.1, 0.15) is 12.5 Å². The third-order valence-electron chi connectivity index (χ3n) is 2.83. The van der Waals surface area contributed by atoms with Crippen LogP contribution in [0.3, 0.4) is 0 Å². The van der Waals surface area contributed by atoms with Gasteiger partial charge >= 0.3 is 0 Å². The van der Waals surface area contributed by atoms with E-state index in [1.54, 1.807) is 12.1 Å². The first-order valence-electron chi connectivity index (χ1n) is 7.21. The van der Waals surface area contributed by atoms with Crippen molar-refractivity contribution < 1.29 is 14.3 Å². The minimum absolute atomic E-state index is 0.120. The number of ether oxygens (including phenoxy) is 2. The standard InChI is InChI=1S/C17H16Br2N2O3/c1-2-23-16-7-6-14(19)8-12(16)10-20-21-17(22)11-24-15-5-3-4-13(18)9-15/h3-10H,2,11H2,1H3,(H,21,22). The summed E-state index contributed by atoms with van der Waals surface area (Å²) in [5.74, 6) is 0.956. The second-order valence-electron chi connectivity index (χ2n) is 4.65. The first kappa shape index (κ1) is 18.5. The Balaban J connectivity index is 1.89. The number of benzene rings is 2. The molecule has 0 saturated heterocycles. The van der Waals surface area contributed by atoms with E-state index in [9.17, 15) is 4.79 Å². The van der Waals surface area contributed by atoms with Crippen molar-refractivity contribution in [3.63, 3.8) is 0 Å². The molecule has 0 aliphatic rings. The zero-order valence-electron chi connectivity index (χ0n) is 13.0. The number of nitrogens with zero attached hydrogens (tertiary/aromatic N) is 1. The van der Waals surface area contributed by atoms with E-state index in [0.29, 0.717) is 18.1 Å². The lowest BCUT2D eigenvalue weighted by Gasteiger charge is -2.07. The Morgan fingerprint density at radius 2 is 1.96 bits per heavy atom. The maximum atomic E-state index is 11.8. The molecule has 0 fully saturated rings. The average molecular weight is 456 g/mol. The minimum atomic E-state index is -0.348. The van der Waals surface area contributed by atoms with Crippen molar-refractivity contribution in [1.29, 1.82) is 0 Å². The fourth-order valence-corrected chi connectivity index (χ4v) is 2.58. The molecule has 0 aliphatic heterocycles. The topological polar surface area (TPSA) is 59.9 Å². The number of hydrogen-bond donors (Lipinski definition) is 1. The van der Waals surface area contributed by atoms with Gasteiger partial charge in [-0.05, 0) is 43.3 Å². The van der Waals surface area contributed by atoms with Crippen LogP contribution in [0, 0.1) is 0 Å². The molecule has 2 rings (SSSR count). The Labute approximate surface area is 157 Å². The summed E-state index contributed by atoms with van der Waals surface area (Å²) in [6.07, 6.45) is 1.53. The number of halogens is 2. The SMILES string of the molecule is CCOc1ccc(Br)cc1C=NNC(=O)COc1cccc(Br)c1. The van der Waals surface area contributed by atoms with Crippen LogP contribution in [0.5, 0.6) is 11.5 Å². The van der Waals surface area contributed by atoms with Crippen molar-refractivity contribution in [3.8, 4) is 11.5 Å². The van der Waals surface area contributed by atoms with Gasteiger partial charge in [-0.15, -0.1) is 0 Å². The Bertz CT molecular complexity index is 736. The number of nitrogens with one attached hydrogen (secondary N) is 1. The Kier molecular flexibility index (Phi) is 7.27. The van der Waals surface area contributed by atoms with E-state index in [4.69, 9.17) is 9.47 Å². The monoisotopic (exact) mass is 454 g/mol. The van der Waals surface area contributed by atoms with Crippen LogP contribution in [-0.2, 0) is 4.79 Å². The molecule has 2 aromatic rings.